The van der Waals surface area contributed by atoms with E-state index in [4.69, 9.17) is 4.74 Å². The zero-order valence-electron chi connectivity index (χ0n) is 19.6. The molecule has 0 aliphatic heterocycles. The van der Waals surface area contributed by atoms with Crippen molar-refractivity contribution in [1.29, 1.82) is 0 Å². The van der Waals surface area contributed by atoms with Crippen LogP contribution in [0.25, 0.3) is 11.2 Å². The molecule has 0 saturated heterocycles. The summed E-state index contributed by atoms with van der Waals surface area (Å²) in [4.78, 5) is 45.5. The number of aryl methyl sites for hydroxylation is 2. The van der Waals surface area contributed by atoms with Crippen molar-refractivity contribution in [2.75, 3.05) is 0 Å². The molecule has 2 heterocycles. The Morgan fingerprint density at radius 2 is 1.85 bits per heavy atom. The van der Waals surface area contributed by atoms with Crippen molar-refractivity contribution in [2.24, 2.45) is 17.3 Å². The number of aliphatic hydroxyl groups is 1. The van der Waals surface area contributed by atoms with Crippen molar-refractivity contribution in [2.45, 2.75) is 96.9 Å². The molecule has 4 aliphatic carbocycles. The van der Waals surface area contributed by atoms with Crippen molar-refractivity contribution in [3.63, 3.8) is 0 Å². The Balaban J connectivity index is 1.45. The number of ether oxygens (including phenoxy) is 1. The maximum atomic E-state index is 13.3. The molecule has 4 aliphatic rings. The van der Waals surface area contributed by atoms with Crippen molar-refractivity contribution in [3.05, 3.63) is 26.7 Å². The van der Waals surface area contributed by atoms with Gasteiger partial charge >= 0.3 is 11.7 Å². The van der Waals surface area contributed by atoms with E-state index in [-0.39, 0.29) is 12.6 Å². The van der Waals surface area contributed by atoms with Gasteiger partial charge in [-0.25, -0.2) is 9.78 Å². The Morgan fingerprint density at radius 3 is 2.48 bits per heavy atom. The van der Waals surface area contributed by atoms with Crippen LogP contribution in [0.3, 0.4) is 0 Å². The summed E-state index contributed by atoms with van der Waals surface area (Å²) in [5.41, 5.74) is -1.58. The van der Waals surface area contributed by atoms with Crippen LogP contribution < -0.4 is 11.2 Å². The lowest BCUT2D eigenvalue weighted by molar-refractivity contribution is -0.197. The number of unbranched alkanes of at least 4 members (excludes halogenated alkanes) is 1. The van der Waals surface area contributed by atoms with Gasteiger partial charge in [0.2, 0.25) is 0 Å². The summed E-state index contributed by atoms with van der Waals surface area (Å²) >= 11 is 0. The SMILES string of the molecule is CCCCn1c(=O)[nH]c(=O)c2c1nc(COC(=O)C13CC4CC(CC(O)(C4)C1)C3)n2CCC. The molecule has 4 fully saturated rings. The third kappa shape index (κ3) is 3.74. The highest BCUT2D eigenvalue weighted by Crippen LogP contribution is 2.62. The lowest BCUT2D eigenvalue weighted by Gasteiger charge is -2.58. The van der Waals surface area contributed by atoms with Gasteiger partial charge in [0.15, 0.2) is 11.2 Å². The molecule has 9 nitrogen and oxygen atoms in total. The molecule has 2 aromatic heterocycles. The standard InChI is InChI=1S/C24H34N4O5/c1-3-5-7-28-19-18(20(29)26-22(28)31)27(6-4-2)17(25-19)13-33-21(30)23-9-15-8-16(10-23)12-24(32,11-15)14-23/h15-16,32H,3-14H2,1-2H3,(H,26,29,31). The maximum Gasteiger partial charge on any atom is 0.330 e. The number of nitrogens with zero attached hydrogens (tertiary/aromatic N) is 3. The largest absolute Gasteiger partial charge is 0.457 e. The number of carbonyl (C=O) groups is 1. The van der Waals surface area contributed by atoms with Crippen LogP contribution in [0.2, 0.25) is 0 Å². The molecule has 4 bridgehead atoms. The van der Waals surface area contributed by atoms with E-state index in [1.807, 2.05) is 13.8 Å². The summed E-state index contributed by atoms with van der Waals surface area (Å²) in [5.74, 6) is 0.993. The van der Waals surface area contributed by atoms with Gasteiger partial charge in [-0.15, -0.1) is 0 Å². The van der Waals surface area contributed by atoms with E-state index in [2.05, 4.69) is 9.97 Å². The number of imidazole rings is 1. The predicted octanol–water partition coefficient (Wildman–Crippen LogP) is 2.47. The molecule has 9 heteroatoms. The number of nitrogens with one attached hydrogen (secondary N) is 1. The predicted molar refractivity (Wildman–Crippen MR) is 122 cm³/mol. The van der Waals surface area contributed by atoms with Crippen molar-refractivity contribution < 1.29 is 14.6 Å². The highest BCUT2D eigenvalue weighted by molar-refractivity contribution is 5.78. The smallest absolute Gasteiger partial charge is 0.330 e. The lowest BCUT2D eigenvalue weighted by atomic mass is 9.48. The first-order chi connectivity index (χ1) is 15.8. The summed E-state index contributed by atoms with van der Waals surface area (Å²) in [5, 5.41) is 11.0. The maximum absolute atomic E-state index is 13.3. The second-order valence-electron chi connectivity index (χ2n) is 10.7. The van der Waals surface area contributed by atoms with E-state index < -0.39 is 22.3 Å². The van der Waals surface area contributed by atoms with E-state index in [9.17, 15) is 19.5 Å². The monoisotopic (exact) mass is 458 g/mol. The number of hydrogen-bond donors (Lipinski definition) is 2. The topological polar surface area (TPSA) is 119 Å². The fraction of sp³-hybridized carbons (Fsp3) is 0.750. The fourth-order valence-corrected chi connectivity index (χ4v) is 7.05. The molecule has 2 unspecified atom stereocenters. The third-order valence-corrected chi connectivity index (χ3v) is 7.94. The van der Waals surface area contributed by atoms with E-state index >= 15 is 0 Å². The van der Waals surface area contributed by atoms with E-state index in [0.717, 1.165) is 51.4 Å². The Morgan fingerprint density at radius 1 is 1.12 bits per heavy atom. The molecule has 4 saturated carbocycles. The molecular formula is C24H34N4O5. The van der Waals surface area contributed by atoms with Gasteiger partial charge in [-0.2, -0.15) is 0 Å². The first-order valence-electron chi connectivity index (χ1n) is 12.4. The number of fused-ring (bicyclic) bond motifs is 1. The number of esters is 1. The minimum absolute atomic E-state index is 0.0512. The third-order valence-electron chi connectivity index (χ3n) is 7.94. The average molecular weight is 459 g/mol. The highest BCUT2D eigenvalue weighted by Gasteiger charge is 2.60. The molecular weight excluding hydrogens is 424 g/mol. The van der Waals surface area contributed by atoms with Crippen LogP contribution in [0.15, 0.2) is 9.59 Å². The van der Waals surface area contributed by atoms with Crippen LogP contribution in [-0.4, -0.2) is 35.8 Å². The van der Waals surface area contributed by atoms with Crippen LogP contribution in [0, 0.1) is 17.3 Å². The fourth-order valence-electron chi connectivity index (χ4n) is 7.05. The van der Waals surface area contributed by atoms with E-state index in [1.165, 1.54) is 4.57 Å². The molecule has 33 heavy (non-hydrogen) atoms. The van der Waals surface area contributed by atoms with Gasteiger partial charge in [-0.05, 0) is 63.2 Å². The summed E-state index contributed by atoms with van der Waals surface area (Å²) in [6.07, 6.45) is 7.20. The molecule has 2 aromatic rings. The second kappa shape index (κ2) is 8.11. The zero-order valence-corrected chi connectivity index (χ0v) is 19.6. The normalized spacial score (nSPS) is 30.3. The van der Waals surface area contributed by atoms with Gasteiger partial charge in [0.25, 0.3) is 5.56 Å². The number of aromatic nitrogens is 4. The van der Waals surface area contributed by atoms with Crippen LogP contribution in [-0.2, 0) is 29.2 Å². The van der Waals surface area contributed by atoms with Gasteiger partial charge in [0, 0.05) is 13.1 Å². The Hall–Kier alpha value is -2.42. The first-order valence-corrected chi connectivity index (χ1v) is 12.4. The van der Waals surface area contributed by atoms with E-state index in [0.29, 0.717) is 48.3 Å². The zero-order chi connectivity index (χ0) is 23.4. The van der Waals surface area contributed by atoms with Crippen molar-refractivity contribution in [1.82, 2.24) is 19.1 Å². The summed E-state index contributed by atoms with van der Waals surface area (Å²) < 4.78 is 9.11. The molecule has 0 amide bonds. The van der Waals surface area contributed by atoms with Crippen molar-refractivity contribution in [3.8, 4) is 0 Å². The molecule has 0 radical (unpaired) electrons. The lowest BCUT2D eigenvalue weighted by Crippen LogP contribution is -2.58. The van der Waals surface area contributed by atoms with Crippen LogP contribution in [0.5, 0.6) is 0 Å². The Kier molecular flexibility index (Phi) is 5.50. The molecule has 0 spiro atoms. The minimum atomic E-state index is -0.735. The molecule has 180 valence electrons. The number of carbonyl (C=O) groups excluding carboxylic acids is 1. The average Bonchev–Trinajstić information content (AvgIpc) is 3.09. The Bertz CT molecular complexity index is 1180. The van der Waals surface area contributed by atoms with Gasteiger partial charge in [0.1, 0.15) is 12.4 Å². The molecule has 2 N–H and O–H groups in total. The summed E-state index contributed by atoms with van der Waals surface area (Å²) in [7, 11) is 0. The van der Waals surface area contributed by atoms with E-state index in [1.54, 1.807) is 4.57 Å². The minimum Gasteiger partial charge on any atom is -0.457 e. The number of aromatic amines is 1. The number of rotatable bonds is 8. The quantitative estimate of drug-likeness (QED) is 0.587. The molecule has 2 atom stereocenters. The highest BCUT2D eigenvalue weighted by atomic mass is 16.5. The van der Waals surface area contributed by atoms with Gasteiger partial charge in [-0.3, -0.25) is 19.1 Å². The number of hydrogen-bond acceptors (Lipinski definition) is 6. The summed E-state index contributed by atoms with van der Waals surface area (Å²) in [6.45, 7) is 4.99. The van der Waals surface area contributed by atoms with Gasteiger partial charge in [0.05, 0.1) is 11.0 Å². The van der Waals surface area contributed by atoms with Gasteiger partial charge < -0.3 is 14.4 Å². The first kappa shape index (κ1) is 22.4. The van der Waals surface area contributed by atoms with Crippen LogP contribution in [0.1, 0.15) is 77.5 Å². The van der Waals surface area contributed by atoms with Crippen LogP contribution >= 0.6 is 0 Å². The summed E-state index contributed by atoms with van der Waals surface area (Å²) in [6, 6.07) is 0. The van der Waals surface area contributed by atoms with Crippen molar-refractivity contribution >= 4 is 17.1 Å². The van der Waals surface area contributed by atoms with Crippen LogP contribution in [0.4, 0.5) is 0 Å². The molecule has 6 rings (SSSR count). The Labute approximate surface area is 192 Å². The second-order valence-corrected chi connectivity index (χ2v) is 10.7. The van der Waals surface area contributed by atoms with Gasteiger partial charge in [-0.1, -0.05) is 20.3 Å². The number of H-pyrrole nitrogens is 1. The molecule has 0 aromatic carbocycles.